The van der Waals surface area contributed by atoms with E-state index < -0.39 is 4.92 Å². The number of hydrogen-bond donors (Lipinski definition) is 2. The molecule has 19 heavy (non-hydrogen) atoms. The minimum atomic E-state index is -0.427. The van der Waals surface area contributed by atoms with Crippen LogP contribution in [0.2, 0.25) is 0 Å². The molecule has 0 aromatic carbocycles. The van der Waals surface area contributed by atoms with Gasteiger partial charge in [0.1, 0.15) is 11.5 Å². The quantitative estimate of drug-likeness (QED) is 0.644. The molecule has 1 aromatic rings. The van der Waals surface area contributed by atoms with Crippen molar-refractivity contribution in [3.63, 3.8) is 0 Å². The number of anilines is 1. The molecule has 1 aliphatic carbocycles. The number of aliphatic hydroxyl groups excluding tert-OH is 1. The highest BCUT2D eigenvalue weighted by atomic mass is 16.6. The summed E-state index contributed by atoms with van der Waals surface area (Å²) in [5.74, 6) is 1.10. The summed E-state index contributed by atoms with van der Waals surface area (Å²) in [6, 6.07) is 3.10. The second-order valence-electron chi connectivity index (χ2n) is 5.13. The summed E-state index contributed by atoms with van der Waals surface area (Å²) in [4.78, 5) is 14.4. The van der Waals surface area contributed by atoms with Crippen LogP contribution in [0.15, 0.2) is 12.1 Å². The van der Waals surface area contributed by atoms with Gasteiger partial charge in [-0.05, 0) is 38.2 Å². The molecule has 1 aliphatic rings. The SMILES string of the molecule is Cc1nc(NCC2CCCC(O)C2)ccc1[N+](=O)[O-]. The Morgan fingerprint density at radius 1 is 1.53 bits per heavy atom. The van der Waals surface area contributed by atoms with E-state index in [0.29, 0.717) is 17.4 Å². The highest BCUT2D eigenvalue weighted by Crippen LogP contribution is 2.25. The van der Waals surface area contributed by atoms with Crippen molar-refractivity contribution in [2.24, 2.45) is 5.92 Å². The standard InChI is InChI=1S/C13H19N3O3/c1-9-12(16(18)19)5-6-13(15-9)14-8-10-3-2-4-11(17)7-10/h5-6,10-11,17H,2-4,7-8H2,1H3,(H,14,15). The zero-order chi connectivity index (χ0) is 13.8. The van der Waals surface area contributed by atoms with E-state index in [1.807, 2.05) is 0 Å². The van der Waals surface area contributed by atoms with Crippen LogP contribution in [0.25, 0.3) is 0 Å². The number of pyridine rings is 1. The molecule has 0 aliphatic heterocycles. The van der Waals surface area contributed by atoms with Gasteiger partial charge in [-0.2, -0.15) is 0 Å². The molecule has 104 valence electrons. The zero-order valence-electron chi connectivity index (χ0n) is 11.0. The molecule has 2 unspecified atom stereocenters. The van der Waals surface area contributed by atoms with Crippen LogP contribution >= 0.6 is 0 Å². The molecule has 1 heterocycles. The van der Waals surface area contributed by atoms with Gasteiger partial charge in [-0.25, -0.2) is 4.98 Å². The smallest absolute Gasteiger partial charge is 0.290 e. The molecule has 6 heteroatoms. The lowest BCUT2D eigenvalue weighted by Gasteiger charge is -2.26. The van der Waals surface area contributed by atoms with Crippen molar-refractivity contribution in [3.05, 3.63) is 27.9 Å². The summed E-state index contributed by atoms with van der Waals surface area (Å²) in [5.41, 5.74) is 0.456. The molecule has 6 nitrogen and oxygen atoms in total. The Labute approximate surface area is 112 Å². The Morgan fingerprint density at radius 2 is 2.32 bits per heavy atom. The maximum absolute atomic E-state index is 10.7. The number of aryl methyl sites for hydroxylation is 1. The fraction of sp³-hybridized carbons (Fsp3) is 0.615. The largest absolute Gasteiger partial charge is 0.393 e. The summed E-state index contributed by atoms with van der Waals surface area (Å²) >= 11 is 0. The van der Waals surface area contributed by atoms with Gasteiger partial charge in [-0.1, -0.05) is 6.42 Å². The topological polar surface area (TPSA) is 88.3 Å². The van der Waals surface area contributed by atoms with Gasteiger partial charge in [0.05, 0.1) is 11.0 Å². The lowest BCUT2D eigenvalue weighted by Crippen LogP contribution is -2.25. The summed E-state index contributed by atoms with van der Waals surface area (Å²) in [7, 11) is 0. The molecule has 1 saturated carbocycles. The number of aromatic nitrogens is 1. The van der Waals surface area contributed by atoms with Gasteiger partial charge >= 0.3 is 0 Å². The number of nitrogens with zero attached hydrogens (tertiary/aromatic N) is 2. The normalized spacial score (nSPS) is 23.1. The Morgan fingerprint density at radius 3 is 2.95 bits per heavy atom. The molecule has 0 bridgehead atoms. The molecule has 2 N–H and O–H groups in total. The van der Waals surface area contributed by atoms with Crippen LogP contribution in [0.3, 0.4) is 0 Å². The zero-order valence-corrected chi connectivity index (χ0v) is 11.0. The van der Waals surface area contributed by atoms with Crippen molar-refractivity contribution >= 4 is 11.5 Å². The van der Waals surface area contributed by atoms with Gasteiger partial charge in [-0.3, -0.25) is 10.1 Å². The molecule has 0 spiro atoms. The van der Waals surface area contributed by atoms with Gasteiger partial charge in [-0.15, -0.1) is 0 Å². The highest BCUT2D eigenvalue weighted by Gasteiger charge is 2.20. The van der Waals surface area contributed by atoms with E-state index in [1.54, 1.807) is 13.0 Å². The fourth-order valence-electron chi connectivity index (χ4n) is 2.54. The summed E-state index contributed by atoms with van der Waals surface area (Å²) < 4.78 is 0. The van der Waals surface area contributed by atoms with E-state index in [9.17, 15) is 15.2 Å². The average molecular weight is 265 g/mol. The monoisotopic (exact) mass is 265 g/mol. The maximum atomic E-state index is 10.7. The van der Waals surface area contributed by atoms with Gasteiger partial charge in [0.15, 0.2) is 0 Å². The summed E-state index contributed by atoms with van der Waals surface area (Å²) in [5, 5.41) is 23.5. The molecule has 2 atom stereocenters. The molecule has 0 amide bonds. The third kappa shape index (κ3) is 3.64. The predicted molar refractivity (Wildman–Crippen MR) is 72.1 cm³/mol. The molecule has 1 aromatic heterocycles. The molecular weight excluding hydrogens is 246 g/mol. The first kappa shape index (κ1) is 13.7. The minimum Gasteiger partial charge on any atom is -0.393 e. The van der Waals surface area contributed by atoms with Crippen molar-refractivity contribution in [3.8, 4) is 0 Å². The first-order valence-electron chi connectivity index (χ1n) is 6.60. The Balaban J connectivity index is 1.92. The van der Waals surface area contributed by atoms with Gasteiger partial charge < -0.3 is 10.4 Å². The third-order valence-electron chi connectivity index (χ3n) is 3.58. The predicted octanol–water partition coefficient (Wildman–Crippen LogP) is 2.26. The Kier molecular flexibility index (Phi) is 4.31. The van der Waals surface area contributed by atoms with Crippen LogP contribution in [-0.4, -0.2) is 27.7 Å². The second kappa shape index (κ2) is 5.97. The minimum absolute atomic E-state index is 0.0404. The molecule has 0 saturated heterocycles. The molecule has 1 fully saturated rings. The van der Waals surface area contributed by atoms with Gasteiger partial charge in [0, 0.05) is 12.6 Å². The van der Waals surface area contributed by atoms with Crippen molar-refractivity contribution in [2.75, 3.05) is 11.9 Å². The second-order valence-corrected chi connectivity index (χ2v) is 5.13. The Hall–Kier alpha value is -1.69. The van der Waals surface area contributed by atoms with E-state index in [1.165, 1.54) is 6.07 Å². The number of hydrogen-bond acceptors (Lipinski definition) is 5. The molecule has 0 radical (unpaired) electrons. The van der Waals surface area contributed by atoms with Crippen LogP contribution < -0.4 is 5.32 Å². The Bertz CT molecular complexity index is 464. The van der Waals surface area contributed by atoms with E-state index in [-0.39, 0.29) is 11.8 Å². The van der Waals surface area contributed by atoms with Crippen LogP contribution in [0.5, 0.6) is 0 Å². The van der Waals surface area contributed by atoms with Gasteiger partial charge in [0.2, 0.25) is 0 Å². The third-order valence-corrected chi connectivity index (χ3v) is 3.58. The number of nitro groups is 1. The molecule has 2 rings (SSSR count). The van der Waals surface area contributed by atoms with Crippen LogP contribution in [-0.2, 0) is 0 Å². The lowest BCUT2D eigenvalue weighted by molar-refractivity contribution is -0.385. The van der Waals surface area contributed by atoms with Crippen LogP contribution in [0.4, 0.5) is 11.5 Å². The van der Waals surface area contributed by atoms with Gasteiger partial charge in [0.25, 0.3) is 5.69 Å². The van der Waals surface area contributed by atoms with Crippen LogP contribution in [0.1, 0.15) is 31.4 Å². The summed E-state index contributed by atoms with van der Waals surface area (Å²) in [6.07, 6.45) is 3.69. The fourth-order valence-corrected chi connectivity index (χ4v) is 2.54. The number of rotatable bonds is 4. The lowest BCUT2D eigenvalue weighted by atomic mass is 9.87. The van der Waals surface area contributed by atoms with Crippen molar-refractivity contribution in [2.45, 2.75) is 38.7 Å². The van der Waals surface area contributed by atoms with E-state index in [0.717, 1.165) is 32.2 Å². The van der Waals surface area contributed by atoms with E-state index >= 15 is 0 Å². The van der Waals surface area contributed by atoms with Crippen molar-refractivity contribution < 1.29 is 10.0 Å². The average Bonchev–Trinajstić information content (AvgIpc) is 2.36. The number of nitrogens with one attached hydrogen (secondary N) is 1. The molecular formula is C13H19N3O3. The highest BCUT2D eigenvalue weighted by molar-refractivity contribution is 5.44. The number of aliphatic hydroxyl groups is 1. The van der Waals surface area contributed by atoms with Crippen molar-refractivity contribution in [1.29, 1.82) is 0 Å². The summed E-state index contributed by atoms with van der Waals surface area (Å²) in [6.45, 7) is 2.38. The first-order chi connectivity index (χ1) is 9.06. The maximum Gasteiger partial charge on any atom is 0.290 e. The van der Waals surface area contributed by atoms with Crippen LogP contribution in [0, 0.1) is 23.0 Å². The van der Waals surface area contributed by atoms with E-state index in [2.05, 4.69) is 10.3 Å². The van der Waals surface area contributed by atoms with Crippen molar-refractivity contribution in [1.82, 2.24) is 4.98 Å². The van der Waals surface area contributed by atoms with E-state index in [4.69, 9.17) is 0 Å². The first-order valence-corrected chi connectivity index (χ1v) is 6.60.